The number of hydrogen-bond acceptors (Lipinski definition) is 6. The average Bonchev–Trinajstić information content (AvgIpc) is 3.47. The molecule has 0 saturated carbocycles. The molecule has 3 heterocycles. The molecule has 1 aliphatic rings. The Morgan fingerprint density at radius 2 is 1.32 bits per heavy atom. The zero-order valence-corrected chi connectivity index (χ0v) is 22.0. The maximum atomic E-state index is 13.4. The van der Waals surface area contributed by atoms with Gasteiger partial charge in [0.15, 0.2) is 6.04 Å². The molecule has 0 fully saturated rings. The molecule has 1 aliphatic heterocycles. The minimum absolute atomic E-state index is 0.0210. The van der Waals surface area contributed by atoms with Gasteiger partial charge in [0, 0.05) is 18.9 Å². The fraction of sp³-hybridized carbons (Fsp3) is 0.0968. The van der Waals surface area contributed by atoms with E-state index in [-0.39, 0.29) is 17.2 Å². The Labute approximate surface area is 231 Å². The van der Waals surface area contributed by atoms with E-state index in [1.54, 1.807) is 30.6 Å². The van der Waals surface area contributed by atoms with Crippen LogP contribution >= 0.6 is 0 Å². The fourth-order valence-electron chi connectivity index (χ4n) is 4.84. The van der Waals surface area contributed by atoms with Gasteiger partial charge in [0.1, 0.15) is 17.3 Å². The molecule has 0 aliphatic carbocycles. The molecule has 6 rings (SSSR count). The highest BCUT2D eigenvalue weighted by molar-refractivity contribution is 7.89. The third-order valence-corrected chi connectivity index (χ3v) is 8.78. The summed E-state index contributed by atoms with van der Waals surface area (Å²) in [5.41, 5.74) is 4.55. The monoisotopic (exact) mass is 552 g/mol. The molecule has 1 atom stereocenters. The molecule has 0 bridgehead atoms. The predicted molar refractivity (Wildman–Crippen MR) is 148 cm³/mol. The summed E-state index contributed by atoms with van der Waals surface area (Å²) in [6, 6.07) is 25.9. The zero-order valence-electron chi connectivity index (χ0n) is 21.2. The first-order valence-corrected chi connectivity index (χ1v) is 14.0. The summed E-state index contributed by atoms with van der Waals surface area (Å²) in [5, 5.41) is 9.77. The first kappa shape index (κ1) is 25.5. The molecule has 0 radical (unpaired) electrons. The molecular weight excluding hydrogens is 528 g/mol. The van der Waals surface area contributed by atoms with Gasteiger partial charge in [-0.2, -0.15) is 4.31 Å². The highest BCUT2D eigenvalue weighted by Crippen LogP contribution is 2.36. The van der Waals surface area contributed by atoms with Gasteiger partial charge in [0.25, 0.3) is 0 Å². The van der Waals surface area contributed by atoms with Crippen molar-refractivity contribution in [2.75, 3.05) is 6.54 Å². The van der Waals surface area contributed by atoms with Crippen molar-refractivity contribution in [2.45, 2.75) is 17.4 Å². The second-order valence-electron chi connectivity index (χ2n) is 9.33. The number of sulfonamides is 1. The summed E-state index contributed by atoms with van der Waals surface area (Å²) in [5.74, 6) is 0.259. The number of hydrogen-bond donors (Lipinski definition) is 1. The van der Waals surface area contributed by atoms with Gasteiger partial charge < -0.3 is 14.3 Å². The van der Waals surface area contributed by atoms with Gasteiger partial charge >= 0.3 is 5.97 Å². The van der Waals surface area contributed by atoms with Crippen LogP contribution < -0.4 is 4.74 Å². The van der Waals surface area contributed by atoms with E-state index in [9.17, 15) is 18.3 Å². The fourth-order valence-corrected chi connectivity index (χ4v) is 6.39. The number of aliphatic carboxylic acids is 1. The summed E-state index contributed by atoms with van der Waals surface area (Å²) in [6.45, 7) is 0.0571. The van der Waals surface area contributed by atoms with Crippen LogP contribution in [0.5, 0.6) is 11.5 Å². The van der Waals surface area contributed by atoms with E-state index in [2.05, 4.69) is 4.98 Å². The van der Waals surface area contributed by atoms with Crippen molar-refractivity contribution in [2.24, 2.45) is 0 Å². The van der Waals surface area contributed by atoms with E-state index >= 15 is 0 Å². The first-order valence-electron chi connectivity index (χ1n) is 12.6. The second-order valence-corrected chi connectivity index (χ2v) is 11.2. The number of pyridine rings is 1. The molecule has 0 spiro atoms. The minimum atomic E-state index is -4.07. The molecule has 200 valence electrons. The number of rotatable bonds is 7. The lowest BCUT2D eigenvalue weighted by Crippen LogP contribution is -2.43. The normalized spacial score (nSPS) is 15.3. The van der Waals surface area contributed by atoms with Gasteiger partial charge in [-0.15, -0.1) is 0 Å². The van der Waals surface area contributed by atoms with Crippen molar-refractivity contribution in [1.29, 1.82) is 0 Å². The largest absolute Gasteiger partial charge is 0.480 e. The summed E-state index contributed by atoms with van der Waals surface area (Å²) >= 11 is 0. The van der Waals surface area contributed by atoms with E-state index in [0.29, 0.717) is 23.5 Å². The van der Waals surface area contributed by atoms with E-state index < -0.39 is 22.0 Å². The van der Waals surface area contributed by atoms with Crippen molar-refractivity contribution < 1.29 is 27.5 Å². The van der Waals surface area contributed by atoms with Gasteiger partial charge in [-0.3, -0.25) is 4.98 Å². The quantitative estimate of drug-likeness (QED) is 0.257. The molecule has 5 aromatic rings. The highest BCUT2D eigenvalue weighted by atomic mass is 32.2. The molecule has 40 heavy (non-hydrogen) atoms. The van der Waals surface area contributed by atoms with Crippen LogP contribution in [0.1, 0.15) is 17.4 Å². The molecule has 2 aromatic heterocycles. The Kier molecular flexibility index (Phi) is 6.67. The number of benzene rings is 3. The number of carbonyl (C=O) groups is 1. The lowest BCUT2D eigenvalue weighted by Gasteiger charge is -2.31. The van der Waals surface area contributed by atoms with Crippen molar-refractivity contribution in [1.82, 2.24) is 9.29 Å². The van der Waals surface area contributed by atoms with Crippen molar-refractivity contribution in [3.8, 4) is 33.8 Å². The molecule has 3 aromatic carbocycles. The van der Waals surface area contributed by atoms with Crippen molar-refractivity contribution in [3.63, 3.8) is 0 Å². The van der Waals surface area contributed by atoms with Crippen molar-refractivity contribution >= 4 is 16.0 Å². The highest BCUT2D eigenvalue weighted by Gasteiger charge is 2.42. The molecular formula is C31H24N2O6S. The van der Waals surface area contributed by atoms with Crippen LogP contribution in [-0.2, 0) is 21.2 Å². The third kappa shape index (κ3) is 4.88. The van der Waals surface area contributed by atoms with Gasteiger partial charge in [-0.25, -0.2) is 13.2 Å². The Morgan fingerprint density at radius 3 is 1.88 bits per heavy atom. The van der Waals surface area contributed by atoms with Gasteiger partial charge in [-0.1, -0.05) is 36.4 Å². The van der Waals surface area contributed by atoms with Crippen LogP contribution in [0.25, 0.3) is 22.3 Å². The lowest BCUT2D eigenvalue weighted by molar-refractivity contribution is -0.142. The van der Waals surface area contributed by atoms with Crippen LogP contribution in [-0.4, -0.2) is 35.3 Å². The molecule has 9 heteroatoms. The number of aromatic nitrogens is 1. The predicted octanol–water partition coefficient (Wildman–Crippen LogP) is 6.17. The molecule has 0 amide bonds. The van der Waals surface area contributed by atoms with Crippen LogP contribution in [0, 0.1) is 0 Å². The van der Waals surface area contributed by atoms with Gasteiger partial charge in [0.2, 0.25) is 10.0 Å². The molecule has 1 N–H and O–H groups in total. The number of carboxylic acid groups (broad SMARTS) is 1. The molecule has 8 nitrogen and oxygen atoms in total. The lowest BCUT2D eigenvalue weighted by atomic mass is 10.0. The number of fused-ring (bicyclic) bond motifs is 1. The Hall–Kier alpha value is -4.73. The first-order chi connectivity index (χ1) is 19.4. The van der Waals surface area contributed by atoms with Crippen LogP contribution in [0.3, 0.4) is 0 Å². The van der Waals surface area contributed by atoms with Crippen LogP contribution in [0.4, 0.5) is 0 Å². The number of ether oxygens (including phenoxy) is 1. The molecule has 1 unspecified atom stereocenters. The summed E-state index contributed by atoms with van der Waals surface area (Å²) in [6.07, 6.45) is 5.29. The van der Waals surface area contributed by atoms with E-state index in [1.807, 2.05) is 60.7 Å². The van der Waals surface area contributed by atoms with E-state index in [0.717, 1.165) is 26.6 Å². The maximum Gasteiger partial charge on any atom is 0.329 e. The van der Waals surface area contributed by atoms with Gasteiger partial charge in [-0.05, 0) is 88.8 Å². The second kappa shape index (κ2) is 10.4. The summed E-state index contributed by atoms with van der Waals surface area (Å²) < 4.78 is 39.1. The zero-order chi connectivity index (χ0) is 27.7. The number of carboxylic acids is 1. The SMILES string of the molecule is O=C(O)C1c2occc2CCN1S(=O)(=O)c1ccc(-c2ccc(Oc3ccc(-c4ccncc4)cc3)cc2)cc1. The molecule has 0 saturated heterocycles. The summed E-state index contributed by atoms with van der Waals surface area (Å²) in [4.78, 5) is 16.0. The van der Waals surface area contributed by atoms with Crippen molar-refractivity contribution in [3.05, 3.63) is 121 Å². The smallest absolute Gasteiger partial charge is 0.329 e. The standard InChI is InChI=1S/C31H24N2O6S/c34-31(35)29-30-25(16-20-38-30)15-19-33(29)40(36,37)28-11-5-23(6-12-28)21-1-7-26(8-2-21)39-27-9-3-22(4-10-27)24-13-17-32-18-14-24/h1-14,16-18,20,29H,15,19H2,(H,34,35). The van der Waals surface area contributed by atoms with Crippen LogP contribution in [0.15, 0.2) is 119 Å². The Balaban J connectivity index is 1.16. The minimum Gasteiger partial charge on any atom is -0.480 e. The average molecular weight is 553 g/mol. The summed E-state index contributed by atoms with van der Waals surface area (Å²) in [7, 11) is -4.07. The van der Waals surface area contributed by atoms with Gasteiger partial charge in [0.05, 0.1) is 11.2 Å². The Morgan fingerprint density at radius 1 is 0.800 bits per heavy atom. The topological polar surface area (TPSA) is 110 Å². The number of furan rings is 1. The third-order valence-electron chi connectivity index (χ3n) is 6.90. The number of nitrogens with zero attached hydrogens (tertiary/aromatic N) is 2. The van der Waals surface area contributed by atoms with E-state index in [1.165, 1.54) is 18.4 Å². The van der Waals surface area contributed by atoms with E-state index in [4.69, 9.17) is 9.15 Å². The van der Waals surface area contributed by atoms with Crippen LogP contribution in [0.2, 0.25) is 0 Å². The Bertz CT molecular complexity index is 1750. The maximum absolute atomic E-state index is 13.4.